The van der Waals surface area contributed by atoms with Crippen LogP contribution in [0.5, 0.6) is 0 Å². The first-order valence-corrected chi connectivity index (χ1v) is 0.813. The first-order chi connectivity index (χ1) is 1.91. The van der Waals surface area contributed by atoms with Crippen LogP contribution < -0.4 is 29.6 Å². The van der Waals surface area contributed by atoms with E-state index in [1.54, 1.807) is 5.92 Å². The Labute approximate surface area is 54.5 Å². The molecule has 0 radical (unpaired) electrons. The Bertz CT molecular complexity index is 56.3. The average Bonchev–Trinajstić information content (AvgIpc) is 1.37. The van der Waals surface area contributed by atoms with E-state index in [9.17, 15) is 0 Å². The SMILES string of the molecule is C#CC=O.[H-].[Na+]. The maximum atomic E-state index is 8.94. The molecule has 0 saturated heterocycles. The van der Waals surface area contributed by atoms with Crippen LogP contribution in [0.25, 0.3) is 0 Å². The summed E-state index contributed by atoms with van der Waals surface area (Å²) >= 11 is 0. The maximum Gasteiger partial charge on any atom is 1.00 e. The van der Waals surface area contributed by atoms with Gasteiger partial charge >= 0.3 is 29.6 Å². The van der Waals surface area contributed by atoms with E-state index in [0.29, 0.717) is 6.29 Å². The maximum absolute atomic E-state index is 8.94. The largest absolute Gasteiger partial charge is 1.00 e. The fourth-order valence-corrected chi connectivity index (χ4v) is 0. The van der Waals surface area contributed by atoms with Gasteiger partial charge in [-0.1, -0.05) is 0 Å². The predicted molar refractivity (Wildman–Crippen MR) is 16.0 cm³/mol. The van der Waals surface area contributed by atoms with Gasteiger partial charge in [-0.15, -0.1) is 6.42 Å². The third-order valence-electron chi connectivity index (χ3n) is 0.0680. The number of aldehydes is 1. The van der Waals surface area contributed by atoms with Crippen molar-refractivity contribution < 1.29 is 35.8 Å². The van der Waals surface area contributed by atoms with Crippen molar-refractivity contribution in [3.63, 3.8) is 0 Å². The van der Waals surface area contributed by atoms with E-state index >= 15 is 0 Å². The minimum absolute atomic E-state index is 0. The first-order valence-electron chi connectivity index (χ1n) is 0.813. The van der Waals surface area contributed by atoms with Crippen LogP contribution in [0.4, 0.5) is 0 Å². The third-order valence-corrected chi connectivity index (χ3v) is 0.0680. The Kier molecular flexibility index (Phi) is 15.9. The van der Waals surface area contributed by atoms with Gasteiger partial charge in [0.25, 0.3) is 0 Å². The van der Waals surface area contributed by atoms with Crippen molar-refractivity contribution in [2.45, 2.75) is 0 Å². The van der Waals surface area contributed by atoms with Gasteiger partial charge in [0.05, 0.1) is 0 Å². The van der Waals surface area contributed by atoms with Crippen LogP contribution in [0.3, 0.4) is 0 Å². The Morgan fingerprint density at radius 1 is 2.00 bits per heavy atom. The number of rotatable bonds is 0. The monoisotopic (exact) mass is 78.0 g/mol. The van der Waals surface area contributed by atoms with Gasteiger partial charge < -0.3 is 1.43 Å². The van der Waals surface area contributed by atoms with Crippen LogP contribution in [-0.2, 0) is 4.79 Å². The molecule has 0 unspecified atom stereocenters. The second-order valence-corrected chi connectivity index (χ2v) is 0.285. The molecule has 0 aliphatic carbocycles. The van der Waals surface area contributed by atoms with Crippen LogP contribution in [-0.4, -0.2) is 6.29 Å². The second kappa shape index (κ2) is 8.87. The molecule has 0 heterocycles. The van der Waals surface area contributed by atoms with Gasteiger partial charge in [-0.2, -0.15) is 0 Å². The third kappa shape index (κ3) is 13.9. The van der Waals surface area contributed by atoms with Gasteiger partial charge in [0.1, 0.15) is 0 Å². The van der Waals surface area contributed by atoms with Crippen molar-refractivity contribution in [2.24, 2.45) is 0 Å². The van der Waals surface area contributed by atoms with E-state index in [4.69, 9.17) is 4.79 Å². The number of terminal acetylenes is 1. The molecule has 0 bridgehead atoms. The summed E-state index contributed by atoms with van der Waals surface area (Å²) in [6, 6.07) is 0. The summed E-state index contributed by atoms with van der Waals surface area (Å²) in [7, 11) is 0. The zero-order valence-corrected chi connectivity index (χ0v) is 5.06. The molecule has 0 aromatic heterocycles. The van der Waals surface area contributed by atoms with E-state index in [0.717, 1.165) is 0 Å². The van der Waals surface area contributed by atoms with E-state index in [2.05, 4.69) is 6.42 Å². The number of carbonyl (C=O) groups is 1. The molecule has 22 valence electrons. The van der Waals surface area contributed by atoms with Crippen LogP contribution in [0.2, 0.25) is 0 Å². The topological polar surface area (TPSA) is 17.1 Å². The van der Waals surface area contributed by atoms with Gasteiger partial charge in [0.2, 0.25) is 0 Å². The molecule has 0 aromatic carbocycles. The van der Waals surface area contributed by atoms with E-state index < -0.39 is 0 Å². The van der Waals surface area contributed by atoms with Gasteiger partial charge in [-0.3, -0.25) is 4.79 Å². The summed E-state index contributed by atoms with van der Waals surface area (Å²) in [6.45, 7) is 0. The molecule has 2 heteroatoms. The molecule has 0 atom stereocenters. The molecular formula is C3H3NaO. The van der Waals surface area contributed by atoms with Crippen molar-refractivity contribution in [3.8, 4) is 12.3 Å². The molecule has 0 fully saturated rings. The summed E-state index contributed by atoms with van der Waals surface area (Å²) in [5.41, 5.74) is 0. The fraction of sp³-hybridized carbons (Fsp3) is 0. The minimum Gasteiger partial charge on any atom is -1.00 e. The first kappa shape index (κ1) is 8.97. The van der Waals surface area contributed by atoms with Crippen molar-refractivity contribution in [3.05, 3.63) is 0 Å². The summed E-state index contributed by atoms with van der Waals surface area (Å²) in [4.78, 5) is 8.94. The fourth-order valence-electron chi connectivity index (χ4n) is 0. The van der Waals surface area contributed by atoms with Gasteiger partial charge in [0, 0.05) is 0 Å². The molecule has 0 aromatic rings. The second-order valence-electron chi connectivity index (χ2n) is 0.285. The van der Waals surface area contributed by atoms with Crippen LogP contribution in [0.15, 0.2) is 0 Å². The molecule has 0 amide bonds. The minimum atomic E-state index is 0. The molecule has 0 aliphatic heterocycles. The average molecular weight is 78.0 g/mol. The summed E-state index contributed by atoms with van der Waals surface area (Å²) < 4.78 is 0. The van der Waals surface area contributed by atoms with Gasteiger partial charge in [0.15, 0.2) is 6.29 Å². The van der Waals surface area contributed by atoms with Gasteiger partial charge in [-0.05, 0) is 5.92 Å². The Morgan fingerprint density at radius 3 is 2.20 bits per heavy atom. The van der Waals surface area contributed by atoms with E-state index in [1.807, 2.05) is 0 Å². The Morgan fingerprint density at radius 2 is 2.20 bits per heavy atom. The summed E-state index contributed by atoms with van der Waals surface area (Å²) in [5.74, 6) is 1.75. The normalized spacial score (nSPS) is 3.00. The molecule has 0 saturated carbocycles. The van der Waals surface area contributed by atoms with Crippen molar-refractivity contribution in [1.29, 1.82) is 0 Å². The molecular weight excluding hydrogens is 75.0 g/mol. The van der Waals surface area contributed by atoms with Gasteiger partial charge in [-0.25, -0.2) is 0 Å². The molecule has 0 N–H and O–H groups in total. The molecule has 1 nitrogen and oxygen atoms in total. The predicted octanol–water partition coefficient (Wildman–Crippen LogP) is -3.06. The smallest absolute Gasteiger partial charge is 1.00 e. The zero-order valence-electron chi connectivity index (χ0n) is 4.06. The van der Waals surface area contributed by atoms with Crippen molar-refractivity contribution >= 4 is 6.29 Å². The van der Waals surface area contributed by atoms with Crippen LogP contribution in [0.1, 0.15) is 1.43 Å². The summed E-state index contributed by atoms with van der Waals surface area (Å²) in [6.07, 6.45) is 4.81. The molecule has 5 heavy (non-hydrogen) atoms. The zero-order chi connectivity index (χ0) is 3.41. The van der Waals surface area contributed by atoms with Crippen molar-refractivity contribution in [2.75, 3.05) is 0 Å². The number of carbonyl (C=O) groups excluding carboxylic acids is 1. The Balaban J connectivity index is -0.0000000450. The molecule has 0 spiro atoms. The van der Waals surface area contributed by atoms with Crippen LogP contribution >= 0.6 is 0 Å². The number of hydrogen-bond acceptors (Lipinski definition) is 1. The van der Waals surface area contributed by atoms with E-state index in [1.165, 1.54) is 0 Å². The summed E-state index contributed by atoms with van der Waals surface area (Å²) in [5, 5.41) is 0. The molecule has 0 aliphatic rings. The quantitative estimate of drug-likeness (QED) is 0.171. The molecule has 0 rings (SSSR count). The number of hydrogen-bond donors (Lipinski definition) is 0. The Hall–Kier alpha value is 0.230. The standard InChI is InChI=1S/C3H2O.Na.H/c1-2-3-4;;/h1,3H;;/q;+1;-1. The van der Waals surface area contributed by atoms with E-state index in [-0.39, 0.29) is 31.0 Å². The van der Waals surface area contributed by atoms with Crippen LogP contribution in [0, 0.1) is 12.3 Å². The van der Waals surface area contributed by atoms with Crippen molar-refractivity contribution in [1.82, 2.24) is 0 Å².